The minimum absolute atomic E-state index is 0.00182. The lowest BCUT2D eigenvalue weighted by molar-refractivity contribution is -0.121. The van der Waals surface area contributed by atoms with Crippen LogP contribution in [-0.4, -0.2) is 13.0 Å². The normalized spacial score (nSPS) is 12.0. The molecule has 0 fully saturated rings. The van der Waals surface area contributed by atoms with Crippen LogP contribution in [0, 0.1) is 0 Å². The van der Waals surface area contributed by atoms with Gasteiger partial charge in [-0.2, -0.15) is 0 Å². The van der Waals surface area contributed by atoms with Gasteiger partial charge in [0, 0.05) is 0 Å². The van der Waals surface area contributed by atoms with Crippen LogP contribution in [0.5, 0.6) is 5.75 Å². The van der Waals surface area contributed by atoms with Gasteiger partial charge >= 0.3 is 0 Å². The van der Waals surface area contributed by atoms with Gasteiger partial charge < -0.3 is 10.1 Å². The van der Waals surface area contributed by atoms with Gasteiger partial charge in [-0.1, -0.05) is 50.2 Å². The predicted molar refractivity (Wildman–Crippen MR) is 93.8 cm³/mol. The molecule has 0 radical (unpaired) electrons. The van der Waals surface area contributed by atoms with Crippen LogP contribution in [0.2, 0.25) is 0 Å². The van der Waals surface area contributed by atoms with Crippen molar-refractivity contribution in [1.82, 2.24) is 5.32 Å². The Balaban J connectivity index is 1.93. The zero-order valence-electron chi connectivity index (χ0n) is 14.3. The second kappa shape index (κ2) is 7.82. The Labute approximate surface area is 138 Å². The molecule has 2 rings (SSSR count). The third-order valence-electron chi connectivity index (χ3n) is 4.00. The number of hydrogen-bond donors (Lipinski definition) is 1. The van der Waals surface area contributed by atoms with Crippen molar-refractivity contribution in [3.05, 3.63) is 65.2 Å². The molecule has 0 aliphatic carbocycles. The van der Waals surface area contributed by atoms with Crippen LogP contribution in [0.3, 0.4) is 0 Å². The van der Waals surface area contributed by atoms with Gasteiger partial charge in [0.05, 0.1) is 19.6 Å². The Morgan fingerprint density at radius 3 is 2.04 bits per heavy atom. The fourth-order valence-corrected chi connectivity index (χ4v) is 2.47. The van der Waals surface area contributed by atoms with E-state index in [1.54, 1.807) is 7.11 Å². The average molecular weight is 311 g/mol. The average Bonchev–Trinajstić information content (AvgIpc) is 2.55. The molecule has 2 aromatic carbocycles. The second-order valence-electron chi connectivity index (χ2n) is 6.14. The SMILES string of the molecule is COc1ccc(CC(=O)NC(C)c2ccc(C(C)C)cc2)cc1. The number of carbonyl (C=O) groups excluding carboxylic acids is 1. The molecule has 122 valence electrons. The first-order valence-corrected chi connectivity index (χ1v) is 8.01. The maximum atomic E-state index is 12.2. The third kappa shape index (κ3) is 4.85. The summed E-state index contributed by atoms with van der Waals surface area (Å²) in [4.78, 5) is 12.2. The highest BCUT2D eigenvalue weighted by Gasteiger charge is 2.10. The van der Waals surface area contributed by atoms with Crippen LogP contribution in [0.4, 0.5) is 0 Å². The first-order valence-electron chi connectivity index (χ1n) is 8.01. The Morgan fingerprint density at radius 1 is 0.957 bits per heavy atom. The number of hydrogen-bond acceptors (Lipinski definition) is 2. The lowest BCUT2D eigenvalue weighted by atomic mass is 9.99. The number of carbonyl (C=O) groups is 1. The van der Waals surface area contributed by atoms with Crippen molar-refractivity contribution in [2.24, 2.45) is 0 Å². The summed E-state index contributed by atoms with van der Waals surface area (Å²) in [6.45, 7) is 6.36. The summed E-state index contributed by atoms with van der Waals surface area (Å²) in [7, 11) is 1.63. The highest BCUT2D eigenvalue weighted by Crippen LogP contribution is 2.19. The van der Waals surface area contributed by atoms with Gasteiger partial charge in [0.1, 0.15) is 5.75 Å². The molecule has 0 aliphatic rings. The number of benzene rings is 2. The monoisotopic (exact) mass is 311 g/mol. The van der Waals surface area contributed by atoms with E-state index in [0.29, 0.717) is 12.3 Å². The minimum atomic E-state index is 0.00182. The highest BCUT2D eigenvalue weighted by atomic mass is 16.5. The summed E-state index contributed by atoms with van der Waals surface area (Å²) in [6, 6.07) is 16.0. The Bertz CT molecular complexity index is 630. The van der Waals surface area contributed by atoms with Crippen molar-refractivity contribution in [2.45, 2.75) is 39.2 Å². The standard InChI is InChI=1S/C20H25NO2/c1-14(2)17-7-9-18(10-8-17)15(3)21-20(22)13-16-5-11-19(23-4)12-6-16/h5-12,14-15H,13H2,1-4H3,(H,21,22). The van der Waals surface area contributed by atoms with E-state index >= 15 is 0 Å². The van der Waals surface area contributed by atoms with Crippen molar-refractivity contribution in [2.75, 3.05) is 7.11 Å². The molecule has 0 aliphatic heterocycles. The number of methoxy groups -OCH3 is 1. The van der Waals surface area contributed by atoms with Crippen LogP contribution < -0.4 is 10.1 Å². The molecule has 1 amide bonds. The minimum Gasteiger partial charge on any atom is -0.497 e. The topological polar surface area (TPSA) is 38.3 Å². The molecule has 3 nitrogen and oxygen atoms in total. The molecule has 0 aromatic heterocycles. The molecule has 1 unspecified atom stereocenters. The molecular weight excluding hydrogens is 286 g/mol. The fraction of sp³-hybridized carbons (Fsp3) is 0.350. The smallest absolute Gasteiger partial charge is 0.224 e. The maximum Gasteiger partial charge on any atom is 0.224 e. The lowest BCUT2D eigenvalue weighted by Crippen LogP contribution is -2.28. The number of ether oxygens (including phenoxy) is 1. The van der Waals surface area contributed by atoms with Gasteiger partial charge in [-0.05, 0) is 41.7 Å². The van der Waals surface area contributed by atoms with Crippen LogP contribution in [0.15, 0.2) is 48.5 Å². The molecule has 3 heteroatoms. The quantitative estimate of drug-likeness (QED) is 0.866. The van der Waals surface area contributed by atoms with Gasteiger partial charge in [-0.25, -0.2) is 0 Å². The Morgan fingerprint density at radius 2 is 1.52 bits per heavy atom. The molecule has 23 heavy (non-hydrogen) atoms. The highest BCUT2D eigenvalue weighted by molar-refractivity contribution is 5.79. The van der Waals surface area contributed by atoms with Crippen LogP contribution in [0.1, 0.15) is 49.4 Å². The van der Waals surface area contributed by atoms with Gasteiger partial charge in [0.15, 0.2) is 0 Å². The van der Waals surface area contributed by atoms with Crippen molar-refractivity contribution >= 4 is 5.91 Å². The molecule has 1 atom stereocenters. The molecule has 1 N–H and O–H groups in total. The van der Waals surface area contributed by atoms with Crippen molar-refractivity contribution < 1.29 is 9.53 Å². The van der Waals surface area contributed by atoms with E-state index in [1.807, 2.05) is 31.2 Å². The molecule has 0 saturated heterocycles. The first-order chi connectivity index (χ1) is 11.0. The molecule has 0 heterocycles. The number of nitrogens with one attached hydrogen (secondary N) is 1. The van der Waals surface area contributed by atoms with Gasteiger partial charge in [-0.3, -0.25) is 4.79 Å². The maximum absolute atomic E-state index is 12.2. The van der Waals surface area contributed by atoms with Crippen LogP contribution in [-0.2, 0) is 11.2 Å². The Hall–Kier alpha value is -2.29. The molecule has 0 bridgehead atoms. The zero-order valence-corrected chi connectivity index (χ0v) is 14.3. The van der Waals surface area contributed by atoms with Gasteiger partial charge in [0.2, 0.25) is 5.91 Å². The summed E-state index contributed by atoms with van der Waals surface area (Å²) in [5.74, 6) is 1.34. The predicted octanol–water partition coefficient (Wildman–Crippen LogP) is 4.24. The van der Waals surface area contributed by atoms with Gasteiger partial charge in [-0.15, -0.1) is 0 Å². The van der Waals surface area contributed by atoms with E-state index in [1.165, 1.54) is 5.56 Å². The largest absolute Gasteiger partial charge is 0.497 e. The summed E-state index contributed by atoms with van der Waals surface area (Å²) >= 11 is 0. The summed E-state index contributed by atoms with van der Waals surface area (Å²) in [6.07, 6.45) is 0.373. The number of amides is 1. The molecule has 0 saturated carbocycles. The molecule has 0 spiro atoms. The summed E-state index contributed by atoms with van der Waals surface area (Å²) in [5, 5.41) is 3.05. The van der Waals surface area contributed by atoms with Crippen molar-refractivity contribution in [3.63, 3.8) is 0 Å². The summed E-state index contributed by atoms with van der Waals surface area (Å²) < 4.78 is 5.12. The van der Waals surface area contributed by atoms with E-state index in [-0.39, 0.29) is 11.9 Å². The van der Waals surface area contributed by atoms with E-state index in [4.69, 9.17) is 4.74 Å². The van der Waals surface area contributed by atoms with E-state index < -0.39 is 0 Å². The number of rotatable bonds is 6. The van der Waals surface area contributed by atoms with Crippen LogP contribution in [0.25, 0.3) is 0 Å². The first kappa shape index (κ1) is 17.1. The molecular formula is C20H25NO2. The second-order valence-corrected chi connectivity index (χ2v) is 6.14. The summed E-state index contributed by atoms with van der Waals surface area (Å²) in [5.41, 5.74) is 3.41. The fourth-order valence-electron chi connectivity index (χ4n) is 2.47. The van der Waals surface area contributed by atoms with Gasteiger partial charge in [0.25, 0.3) is 0 Å². The zero-order chi connectivity index (χ0) is 16.8. The lowest BCUT2D eigenvalue weighted by Gasteiger charge is -2.15. The van der Waals surface area contributed by atoms with Crippen molar-refractivity contribution in [1.29, 1.82) is 0 Å². The van der Waals surface area contributed by atoms with Crippen LogP contribution >= 0.6 is 0 Å². The van der Waals surface area contributed by atoms with Crippen molar-refractivity contribution in [3.8, 4) is 5.75 Å². The van der Waals surface area contributed by atoms with E-state index in [2.05, 4.69) is 43.4 Å². The Kier molecular flexibility index (Phi) is 5.80. The third-order valence-corrected chi connectivity index (χ3v) is 4.00. The van der Waals surface area contributed by atoms with E-state index in [9.17, 15) is 4.79 Å². The molecule has 2 aromatic rings. The van der Waals surface area contributed by atoms with E-state index in [0.717, 1.165) is 16.9 Å².